The number of carbonyl (C=O) groups excluding carboxylic acids is 1. The number of nitrogens with zero attached hydrogens (tertiary/aromatic N) is 1. The van der Waals surface area contributed by atoms with Crippen LogP contribution < -0.4 is 15.8 Å². The van der Waals surface area contributed by atoms with Crippen LogP contribution >= 0.6 is 15.9 Å². The topological polar surface area (TPSA) is 93.0 Å². The summed E-state index contributed by atoms with van der Waals surface area (Å²) >= 11 is 3.45. The predicted molar refractivity (Wildman–Crippen MR) is 77.0 cm³/mol. The van der Waals surface area contributed by atoms with E-state index in [1.807, 2.05) is 6.07 Å². The first kappa shape index (κ1) is 13.4. The Bertz CT molecular complexity index is 624. The van der Waals surface area contributed by atoms with Gasteiger partial charge in [0.2, 0.25) is 5.91 Å². The molecule has 0 aliphatic rings. The minimum absolute atomic E-state index is 0.190. The molecule has 100 valence electrons. The molecule has 1 aromatic carbocycles. The summed E-state index contributed by atoms with van der Waals surface area (Å²) in [5, 5.41) is 9.46. The van der Waals surface area contributed by atoms with Gasteiger partial charge in [-0.3, -0.25) is 9.89 Å². The highest BCUT2D eigenvalue weighted by molar-refractivity contribution is 9.10. The molecular formula is C12H13BrN4O2. The zero-order valence-corrected chi connectivity index (χ0v) is 12.0. The number of nitrogens with two attached hydrogens (primary N) is 1. The van der Waals surface area contributed by atoms with E-state index in [9.17, 15) is 4.79 Å². The number of aromatic nitrogens is 2. The van der Waals surface area contributed by atoms with Crippen LogP contribution in [-0.4, -0.2) is 23.2 Å². The SMILES string of the molecule is COc1ccc(Br)c(-c2cc(N)n[nH]2)c1NC(C)=O. The zero-order chi connectivity index (χ0) is 14.0. The van der Waals surface area contributed by atoms with Crippen LogP contribution in [0.1, 0.15) is 6.92 Å². The second kappa shape index (κ2) is 5.31. The number of hydrogen-bond donors (Lipinski definition) is 3. The van der Waals surface area contributed by atoms with Crippen LogP contribution in [0.15, 0.2) is 22.7 Å². The Hall–Kier alpha value is -2.02. The highest BCUT2D eigenvalue weighted by Gasteiger charge is 2.17. The number of carbonyl (C=O) groups is 1. The average Bonchev–Trinajstić information content (AvgIpc) is 2.75. The maximum atomic E-state index is 11.3. The number of nitrogen functional groups attached to an aromatic ring is 1. The van der Waals surface area contributed by atoms with Gasteiger partial charge in [-0.15, -0.1) is 0 Å². The van der Waals surface area contributed by atoms with Crippen molar-refractivity contribution in [3.8, 4) is 17.0 Å². The number of nitrogens with one attached hydrogen (secondary N) is 2. The largest absolute Gasteiger partial charge is 0.495 e. The lowest BCUT2D eigenvalue weighted by molar-refractivity contribution is -0.114. The number of rotatable bonds is 3. The van der Waals surface area contributed by atoms with Crippen LogP contribution in [-0.2, 0) is 4.79 Å². The molecule has 1 aromatic heterocycles. The highest BCUT2D eigenvalue weighted by Crippen LogP contribution is 2.40. The van der Waals surface area contributed by atoms with Crippen molar-refractivity contribution in [3.05, 3.63) is 22.7 Å². The summed E-state index contributed by atoms with van der Waals surface area (Å²) in [4.78, 5) is 11.3. The summed E-state index contributed by atoms with van der Waals surface area (Å²) < 4.78 is 6.06. The van der Waals surface area contributed by atoms with Crippen LogP contribution in [0.3, 0.4) is 0 Å². The Balaban J connectivity index is 2.65. The quantitative estimate of drug-likeness (QED) is 0.808. The molecule has 2 rings (SSSR count). The van der Waals surface area contributed by atoms with Gasteiger partial charge in [0.15, 0.2) is 0 Å². The van der Waals surface area contributed by atoms with Crippen molar-refractivity contribution in [1.82, 2.24) is 10.2 Å². The third-order valence-electron chi connectivity index (χ3n) is 2.50. The van der Waals surface area contributed by atoms with Gasteiger partial charge in [-0.2, -0.15) is 5.10 Å². The summed E-state index contributed by atoms with van der Waals surface area (Å²) in [5.74, 6) is 0.741. The number of amides is 1. The monoisotopic (exact) mass is 324 g/mol. The van der Waals surface area contributed by atoms with Crippen molar-refractivity contribution in [3.63, 3.8) is 0 Å². The highest BCUT2D eigenvalue weighted by atomic mass is 79.9. The van der Waals surface area contributed by atoms with E-state index in [1.54, 1.807) is 19.2 Å². The van der Waals surface area contributed by atoms with Crippen LogP contribution in [0.25, 0.3) is 11.3 Å². The fraction of sp³-hybridized carbons (Fsp3) is 0.167. The van der Waals surface area contributed by atoms with E-state index >= 15 is 0 Å². The minimum Gasteiger partial charge on any atom is -0.495 e. The summed E-state index contributed by atoms with van der Waals surface area (Å²) in [5.41, 5.74) is 7.60. The smallest absolute Gasteiger partial charge is 0.221 e. The lowest BCUT2D eigenvalue weighted by Crippen LogP contribution is -2.09. The number of halogens is 1. The maximum absolute atomic E-state index is 11.3. The Labute approximate surface area is 118 Å². The number of benzene rings is 1. The molecule has 0 aliphatic carbocycles. The summed E-state index contributed by atoms with van der Waals surface area (Å²) in [6.45, 7) is 1.44. The summed E-state index contributed by atoms with van der Waals surface area (Å²) in [6, 6.07) is 5.28. The molecule has 1 amide bonds. The molecule has 0 aliphatic heterocycles. The molecule has 19 heavy (non-hydrogen) atoms. The molecule has 0 spiro atoms. The van der Waals surface area contributed by atoms with Gasteiger partial charge >= 0.3 is 0 Å². The van der Waals surface area contributed by atoms with Gasteiger partial charge < -0.3 is 15.8 Å². The van der Waals surface area contributed by atoms with E-state index in [4.69, 9.17) is 10.5 Å². The first-order valence-corrected chi connectivity index (χ1v) is 6.27. The second-order valence-corrected chi connectivity index (χ2v) is 4.74. The maximum Gasteiger partial charge on any atom is 0.221 e. The third kappa shape index (κ3) is 2.70. The van der Waals surface area contributed by atoms with Gasteiger partial charge in [0.05, 0.1) is 18.5 Å². The van der Waals surface area contributed by atoms with Crippen LogP contribution in [0, 0.1) is 0 Å². The van der Waals surface area contributed by atoms with Gasteiger partial charge in [0, 0.05) is 23.0 Å². The fourth-order valence-corrected chi connectivity index (χ4v) is 2.30. The van der Waals surface area contributed by atoms with Gasteiger partial charge in [0.1, 0.15) is 11.6 Å². The van der Waals surface area contributed by atoms with E-state index in [2.05, 4.69) is 31.4 Å². The second-order valence-electron chi connectivity index (χ2n) is 3.89. The van der Waals surface area contributed by atoms with Gasteiger partial charge in [-0.25, -0.2) is 0 Å². The van der Waals surface area contributed by atoms with Crippen LogP contribution in [0.2, 0.25) is 0 Å². The molecule has 0 radical (unpaired) electrons. The number of ether oxygens (including phenoxy) is 1. The Morgan fingerprint density at radius 2 is 2.26 bits per heavy atom. The molecule has 7 heteroatoms. The van der Waals surface area contributed by atoms with E-state index in [1.165, 1.54) is 6.92 Å². The standard InChI is InChI=1S/C12H13BrN4O2/c1-6(18)15-12-9(19-2)4-3-7(13)11(12)8-5-10(14)17-16-8/h3-5H,1-2H3,(H,15,18)(H3,14,16,17). The first-order valence-electron chi connectivity index (χ1n) is 5.48. The molecule has 0 saturated heterocycles. The predicted octanol–water partition coefficient (Wildman–Crippen LogP) is 2.39. The van der Waals surface area contributed by atoms with Crippen molar-refractivity contribution < 1.29 is 9.53 Å². The Kier molecular flexibility index (Phi) is 3.75. The van der Waals surface area contributed by atoms with Crippen LogP contribution in [0.5, 0.6) is 5.75 Å². The van der Waals surface area contributed by atoms with Crippen LogP contribution in [0.4, 0.5) is 11.5 Å². The van der Waals surface area contributed by atoms with Crippen molar-refractivity contribution in [2.45, 2.75) is 6.92 Å². The molecule has 6 nitrogen and oxygen atoms in total. The van der Waals surface area contributed by atoms with E-state index in [0.717, 1.165) is 10.0 Å². The molecule has 0 bridgehead atoms. The Morgan fingerprint density at radius 3 is 2.79 bits per heavy atom. The van der Waals surface area contributed by atoms with E-state index < -0.39 is 0 Å². The third-order valence-corrected chi connectivity index (χ3v) is 3.17. The van der Waals surface area contributed by atoms with Crippen molar-refractivity contribution in [2.24, 2.45) is 0 Å². The molecule has 4 N–H and O–H groups in total. The molecule has 0 atom stereocenters. The number of anilines is 2. The normalized spacial score (nSPS) is 10.3. The number of methoxy groups -OCH3 is 1. The average molecular weight is 325 g/mol. The lowest BCUT2D eigenvalue weighted by Gasteiger charge is -2.14. The van der Waals surface area contributed by atoms with E-state index in [0.29, 0.717) is 22.9 Å². The molecule has 0 unspecified atom stereocenters. The molecule has 1 heterocycles. The van der Waals surface area contributed by atoms with Crippen molar-refractivity contribution >= 4 is 33.3 Å². The van der Waals surface area contributed by atoms with Gasteiger partial charge in [0.25, 0.3) is 0 Å². The molecular weight excluding hydrogens is 312 g/mol. The van der Waals surface area contributed by atoms with Gasteiger partial charge in [-0.05, 0) is 12.1 Å². The number of aromatic amines is 1. The summed E-state index contributed by atoms with van der Waals surface area (Å²) in [6.07, 6.45) is 0. The Morgan fingerprint density at radius 1 is 1.53 bits per heavy atom. The fourth-order valence-electron chi connectivity index (χ4n) is 1.76. The summed E-state index contributed by atoms with van der Waals surface area (Å²) in [7, 11) is 1.54. The molecule has 0 saturated carbocycles. The molecule has 0 fully saturated rings. The van der Waals surface area contributed by atoms with Crippen molar-refractivity contribution in [1.29, 1.82) is 0 Å². The lowest BCUT2D eigenvalue weighted by atomic mass is 10.1. The first-order chi connectivity index (χ1) is 9.02. The minimum atomic E-state index is -0.190. The zero-order valence-electron chi connectivity index (χ0n) is 10.5. The number of hydrogen-bond acceptors (Lipinski definition) is 4. The number of H-pyrrole nitrogens is 1. The molecule has 2 aromatic rings. The van der Waals surface area contributed by atoms with E-state index in [-0.39, 0.29) is 5.91 Å². The van der Waals surface area contributed by atoms with Gasteiger partial charge in [-0.1, -0.05) is 15.9 Å². The van der Waals surface area contributed by atoms with Crippen molar-refractivity contribution in [2.75, 3.05) is 18.2 Å².